The Morgan fingerprint density at radius 1 is 1.03 bits per heavy atom. The third kappa shape index (κ3) is 8.31. The van der Waals surface area contributed by atoms with Gasteiger partial charge in [-0.25, -0.2) is 4.99 Å². The van der Waals surface area contributed by atoms with Gasteiger partial charge < -0.3 is 19.9 Å². The monoisotopic (exact) mass is 510 g/mol. The first-order valence-corrected chi connectivity index (χ1v) is 9.36. The lowest BCUT2D eigenvalue weighted by atomic mass is 10.1. The molecule has 0 aliphatic rings. The number of rotatable bonds is 8. The number of aliphatic imine (C=N–C) groups is 1. The number of methoxy groups -OCH3 is 1. The van der Waals surface area contributed by atoms with E-state index in [-0.39, 0.29) is 36.4 Å². The zero-order valence-electron chi connectivity index (χ0n) is 17.6. The van der Waals surface area contributed by atoms with Crippen molar-refractivity contribution in [1.29, 1.82) is 0 Å². The molecule has 158 valence electrons. The molecule has 0 aromatic heterocycles. The number of halogens is 1. The first-order valence-electron chi connectivity index (χ1n) is 9.36. The van der Waals surface area contributed by atoms with Crippen molar-refractivity contribution in [3.8, 4) is 5.75 Å². The molecule has 0 aliphatic carbocycles. The normalized spacial score (nSPS) is 10.7. The largest absolute Gasteiger partial charge is 0.496 e. The number of nitrogens with one attached hydrogen (secondary N) is 1. The molecule has 2 rings (SSSR count). The summed E-state index contributed by atoms with van der Waals surface area (Å²) in [7, 11) is 7.10. The van der Waals surface area contributed by atoms with Crippen LogP contribution in [0, 0.1) is 0 Å². The van der Waals surface area contributed by atoms with Crippen LogP contribution in [0.4, 0.5) is 0 Å². The molecule has 29 heavy (non-hydrogen) atoms. The van der Waals surface area contributed by atoms with Gasteiger partial charge in [0, 0.05) is 39.8 Å². The van der Waals surface area contributed by atoms with Crippen LogP contribution in [-0.2, 0) is 17.8 Å². The van der Waals surface area contributed by atoms with Gasteiger partial charge in [-0.2, -0.15) is 0 Å². The molecule has 0 heterocycles. The van der Waals surface area contributed by atoms with E-state index < -0.39 is 0 Å². The fourth-order valence-electron chi connectivity index (χ4n) is 2.72. The van der Waals surface area contributed by atoms with Crippen molar-refractivity contribution in [3.63, 3.8) is 0 Å². The number of hydrogen-bond donors (Lipinski definition) is 1. The molecule has 0 saturated heterocycles. The number of hydrogen-bond acceptors (Lipinski definition) is 3. The zero-order valence-corrected chi connectivity index (χ0v) is 19.9. The van der Waals surface area contributed by atoms with Crippen LogP contribution in [-0.4, -0.2) is 63.0 Å². The third-order valence-corrected chi connectivity index (χ3v) is 4.36. The standard InChI is InChI=1S/C22H30N4O2.HI/c1-25(2)21(27)16-24-22(23-15-14-18-10-6-5-7-11-18)26(3)17-19-12-8-9-13-20(19)28-4;/h5-13H,14-17H2,1-4H3,(H,23,24);1H. The van der Waals surface area contributed by atoms with Crippen LogP contribution >= 0.6 is 24.0 Å². The number of para-hydroxylation sites is 1. The third-order valence-electron chi connectivity index (χ3n) is 4.36. The molecule has 2 aromatic carbocycles. The van der Waals surface area contributed by atoms with Crippen molar-refractivity contribution < 1.29 is 9.53 Å². The van der Waals surface area contributed by atoms with E-state index in [9.17, 15) is 4.79 Å². The molecule has 7 heteroatoms. The van der Waals surface area contributed by atoms with Gasteiger partial charge in [-0.3, -0.25) is 4.79 Å². The smallest absolute Gasteiger partial charge is 0.243 e. The van der Waals surface area contributed by atoms with Crippen molar-refractivity contribution in [2.45, 2.75) is 13.0 Å². The Bertz CT molecular complexity index is 781. The van der Waals surface area contributed by atoms with Gasteiger partial charge in [0.25, 0.3) is 0 Å². The number of nitrogens with zero attached hydrogens (tertiary/aromatic N) is 3. The van der Waals surface area contributed by atoms with Gasteiger partial charge in [-0.1, -0.05) is 48.5 Å². The van der Waals surface area contributed by atoms with Crippen molar-refractivity contribution in [3.05, 3.63) is 65.7 Å². The maximum Gasteiger partial charge on any atom is 0.243 e. The predicted molar refractivity (Wildman–Crippen MR) is 129 cm³/mol. The van der Waals surface area contributed by atoms with E-state index in [0.29, 0.717) is 12.5 Å². The van der Waals surface area contributed by atoms with Gasteiger partial charge in [0.1, 0.15) is 12.3 Å². The van der Waals surface area contributed by atoms with Gasteiger partial charge in [0.15, 0.2) is 5.96 Å². The van der Waals surface area contributed by atoms with Gasteiger partial charge in [-0.15, -0.1) is 24.0 Å². The topological polar surface area (TPSA) is 57.2 Å². The fraction of sp³-hybridized carbons (Fsp3) is 0.364. The van der Waals surface area contributed by atoms with Gasteiger partial charge >= 0.3 is 0 Å². The SMILES string of the molecule is COc1ccccc1CN(C)C(=NCC(=O)N(C)C)NCCc1ccccc1.I. The van der Waals surface area contributed by atoms with E-state index in [0.717, 1.165) is 24.3 Å². The van der Waals surface area contributed by atoms with E-state index >= 15 is 0 Å². The molecule has 0 radical (unpaired) electrons. The Morgan fingerprint density at radius 2 is 1.69 bits per heavy atom. The number of benzene rings is 2. The highest BCUT2D eigenvalue weighted by Crippen LogP contribution is 2.18. The van der Waals surface area contributed by atoms with Crippen LogP contribution in [0.5, 0.6) is 5.75 Å². The van der Waals surface area contributed by atoms with Crippen molar-refractivity contribution >= 4 is 35.8 Å². The molecule has 6 nitrogen and oxygen atoms in total. The first-order chi connectivity index (χ1) is 13.5. The summed E-state index contributed by atoms with van der Waals surface area (Å²) in [6.45, 7) is 1.46. The van der Waals surface area contributed by atoms with E-state index in [2.05, 4.69) is 22.4 Å². The minimum Gasteiger partial charge on any atom is -0.496 e. The number of guanidine groups is 1. The second kappa shape index (κ2) is 13.0. The van der Waals surface area contributed by atoms with Gasteiger partial charge in [-0.05, 0) is 18.1 Å². The van der Waals surface area contributed by atoms with Crippen LogP contribution in [0.2, 0.25) is 0 Å². The maximum atomic E-state index is 12.0. The summed E-state index contributed by atoms with van der Waals surface area (Å²) >= 11 is 0. The van der Waals surface area contributed by atoms with Crippen LogP contribution in [0.15, 0.2) is 59.6 Å². The lowest BCUT2D eigenvalue weighted by molar-refractivity contribution is -0.127. The van der Waals surface area contributed by atoms with Crippen molar-refractivity contribution in [1.82, 2.24) is 15.1 Å². The Hall–Kier alpha value is -2.29. The molecule has 0 aliphatic heterocycles. The quantitative estimate of drug-likeness (QED) is 0.337. The van der Waals surface area contributed by atoms with Gasteiger partial charge in [0.05, 0.1) is 7.11 Å². The molecule has 2 aromatic rings. The molecule has 0 atom stereocenters. The Kier molecular flexibility index (Phi) is 11.1. The minimum absolute atomic E-state index is 0. The lowest BCUT2D eigenvalue weighted by Crippen LogP contribution is -2.40. The van der Waals surface area contributed by atoms with E-state index in [1.54, 1.807) is 26.1 Å². The summed E-state index contributed by atoms with van der Waals surface area (Å²) in [6, 6.07) is 18.2. The number of ether oxygens (including phenoxy) is 1. The highest BCUT2D eigenvalue weighted by Gasteiger charge is 2.12. The second-order valence-electron chi connectivity index (χ2n) is 6.76. The van der Waals surface area contributed by atoms with Crippen molar-refractivity contribution in [2.24, 2.45) is 4.99 Å². The zero-order chi connectivity index (χ0) is 20.4. The summed E-state index contributed by atoms with van der Waals surface area (Å²) in [5, 5.41) is 3.38. The molecule has 0 bridgehead atoms. The first kappa shape index (κ1) is 24.7. The molecular formula is C22H31IN4O2. The lowest BCUT2D eigenvalue weighted by Gasteiger charge is -2.24. The summed E-state index contributed by atoms with van der Waals surface area (Å²) < 4.78 is 5.45. The molecular weight excluding hydrogens is 479 g/mol. The maximum absolute atomic E-state index is 12.0. The average Bonchev–Trinajstić information content (AvgIpc) is 2.71. The van der Waals surface area contributed by atoms with Crippen LogP contribution in [0.25, 0.3) is 0 Å². The van der Waals surface area contributed by atoms with E-state index in [4.69, 9.17) is 4.74 Å². The molecule has 1 N–H and O–H groups in total. The summed E-state index contributed by atoms with van der Waals surface area (Å²) in [6.07, 6.45) is 0.879. The van der Waals surface area contributed by atoms with Crippen LogP contribution < -0.4 is 10.1 Å². The number of carbonyl (C=O) groups is 1. The number of amides is 1. The van der Waals surface area contributed by atoms with Gasteiger partial charge in [0.2, 0.25) is 5.91 Å². The Labute approximate surface area is 191 Å². The minimum atomic E-state index is -0.0342. The van der Waals surface area contributed by atoms with Crippen LogP contribution in [0.3, 0.4) is 0 Å². The molecule has 0 fully saturated rings. The average molecular weight is 510 g/mol. The number of likely N-dealkylation sites (N-methyl/N-ethyl adjacent to an activating group) is 1. The molecule has 1 amide bonds. The summed E-state index contributed by atoms with van der Waals surface area (Å²) in [5.74, 6) is 1.49. The Morgan fingerprint density at radius 3 is 2.34 bits per heavy atom. The summed E-state index contributed by atoms with van der Waals surface area (Å²) in [5.41, 5.74) is 2.31. The highest BCUT2D eigenvalue weighted by atomic mass is 127. The molecule has 0 unspecified atom stereocenters. The predicted octanol–water partition coefficient (Wildman–Crippen LogP) is 3.02. The fourth-order valence-corrected chi connectivity index (χ4v) is 2.72. The highest BCUT2D eigenvalue weighted by molar-refractivity contribution is 14.0. The molecule has 0 saturated carbocycles. The molecule has 0 spiro atoms. The van der Waals surface area contributed by atoms with E-state index in [1.165, 1.54) is 5.56 Å². The second-order valence-corrected chi connectivity index (χ2v) is 6.76. The number of carbonyl (C=O) groups excluding carboxylic acids is 1. The summed E-state index contributed by atoms with van der Waals surface area (Å²) in [4.78, 5) is 20.1. The van der Waals surface area contributed by atoms with E-state index in [1.807, 2.05) is 54.4 Å². The van der Waals surface area contributed by atoms with Crippen molar-refractivity contribution in [2.75, 3.05) is 41.3 Å². The van der Waals surface area contributed by atoms with Crippen LogP contribution in [0.1, 0.15) is 11.1 Å². The Balaban J connectivity index is 0.00000420.